The van der Waals surface area contributed by atoms with E-state index < -0.39 is 21.8 Å². The summed E-state index contributed by atoms with van der Waals surface area (Å²) in [4.78, 5) is 16.9. The lowest BCUT2D eigenvalue weighted by atomic mass is 10.2. The predicted octanol–water partition coefficient (Wildman–Crippen LogP) is 3.97. The molecule has 146 valence electrons. The van der Waals surface area contributed by atoms with Gasteiger partial charge in [0.1, 0.15) is 17.8 Å². The van der Waals surface area contributed by atoms with Gasteiger partial charge in [0, 0.05) is 0 Å². The van der Waals surface area contributed by atoms with E-state index in [4.69, 9.17) is 33.7 Å². The van der Waals surface area contributed by atoms with Crippen LogP contribution in [0.3, 0.4) is 0 Å². The van der Waals surface area contributed by atoms with Crippen LogP contribution in [0, 0.1) is 27.6 Å². The standard InChI is InChI=1S/C14H3Cl2F3N8OS/c15-6-1-5(14(17,18)19)2-7(16)10(6)27-13(24-26-28)29-12(25-27)11-22-8(3-20)9(4-21)23-11/h1-2H,(H,22,23)/b24-13-. The Bertz CT molecular complexity index is 1220. The molecule has 0 bridgehead atoms. The number of nitriles is 2. The molecule has 0 saturated carbocycles. The van der Waals surface area contributed by atoms with Crippen LogP contribution in [-0.2, 0) is 6.18 Å². The van der Waals surface area contributed by atoms with E-state index in [1.165, 1.54) is 0 Å². The van der Waals surface area contributed by atoms with Crippen molar-refractivity contribution in [3.05, 3.63) is 48.8 Å². The number of imidazole rings is 1. The van der Waals surface area contributed by atoms with Crippen molar-refractivity contribution in [2.75, 3.05) is 0 Å². The largest absolute Gasteiger partial charge is 0.416 e. The lowest BCUT2D eigenvalue weighted by Crippen LogP contribution is -2.16. The molecule has 0 atom stereocenters. The molecular formula is C14H3Cl2F3N8OS. The Hall–Kier alpha value is -3.26. The summed E-state index contributed by atoms with van der Waals surface area (Å²) >= 11 is 12.7. The third kappa shape index (κ3) is 3.84. The van der Waals surface area contributed by atoms with Gasteiger partial charge in [0.2, 0.25) is 4.80 Å². The average Bonchev–Trinajstić information content (AvgIpc) is 3.24. The van der Waals surface area contributed by atoms with Crippen molar-refractivity contribution in [2.24, 2.45) is 10.4 Å². The van der Waals surface area contributed by atoms with Crippen LogP contribution in [0.1, 0.15) is 17.0 Å². The monoisotopic (exact) mass is 458 g/mol. The number of alkyl halides is 3. The molecule has 3 rings (SSSR count). The minimum atomic E-state index is -4.68. The van der Waals surface area contributed by atoms with Crippen LogP contribution < -0.4 is 4.80 Å². The van der Waals surface area contributed by atoms with Gasteiger partial charge < -0.3 is 4.98 Å². The molecule has 3 aromatic rings. The zero-order valence-corrected chi connectivity index (χ0v) is 15.8. The number of H-pyrrole nitrogens is 1. The summed E-state index contributed by atoms with van der Waals surface area (Å²) in [7, 11) is 0. The maximum atomic E-state index is 12.9. The van der Waals surface area contributed by atoms with Crippen LogP contribution in [0.5, 0.6) is 0 Å². The van der Waals surface area contributed by atoms with Gasteiger partial charge in [-0.2, -0.15) is 28.8 Å². The number of halogens is 5. The lowest BCUT2D eigenvalue weighted by molar-refractivity contribution is -0.137. The molecule has 0 aliphatic carbocycles. The van der Waals surface area contributed by atoms with E-state index in [1.54, 1.807) is 12.1 Å². The van der Waals surface area contributed by atoms with E-state index in [0.717, 1.165) is 16.0 Å². The number of rotatable bonds is 3. The third-order valence-corrected chi connectivity index (χ3v) is 4.85. The first kappa shape index (κ1) is 20.5. The van der Waals surface area contributed by atoms with Crippen molar-refractivity contribution in [3.63, 3.8) is 0 Å². The molecule has 1 aromatic carbocycles. The topological polar surface area (TPSA) is 136 Å². The van der Waals surface area contributed by atoms with Gasteiger partial charge >= 0.3 is 6.18 Å². The molecule has 0 fully saturated rings. The fourth-order valence-corrected chi connectivity index (χ4v) is 3.62. The minimum absolute atomic E-state index is 0.0108. The van der Waals surface area contributed by atoms with Gasteiger partial charge in [0.05, 0.1) is 20.9 Å². The first-order valence-corrected chi connectivity index (χ1v) is 8.70. The van der Waals surface area contributed by atoms with Gasteiger partial charge in [-0.25, -0.2) is 9.67 Å². The highest BCUT2D eigenvalue weighted by Gasteiger charge is 2.32. The summed E-state index contributed by atoms with van der Waals surface area (Å²) in [6.07, 6.45) is -4.68. The highest BCUT2D eigenvalue weighted by atomic mass is 35.5. The molecule has 15 heteroatoms. The molecule has 1 N–H and O–H groups in total. The lowest BCUT2D eigenvalue weighted by Gasteiger charge is -2.11. The van der Waals surface area contributed by atoms with Crippen molar-refractivity contribution in [2.45, 2.75) is 6.18 Å². The molecule has 2 heterocycles. The molecule has 0 saturated heterocycles. The molecule has 0 aliphatic rings. The van der Waals surface area contributed by atoms with Crippen molar-refractivity contribution in [3.8, 4) is 28.7 Å². The van der Waals surface area contributed by atoms with E-state index in [2.05, 4.69) is 25.5 Å². The number of benzene rings is 1. The van der Waals surface area contributed by atoms with Crippen LogP contribution in [0.2, 0.25) is 10.0 Å². The molecule has 0 radical (unpaired) electrons. The Morgan fingerprint density at radius 2 is 1.86 bits per heavy atom. The quantitative estimate of drug-likeness (QED) is 0.467. The van der Waals surface area contributed by atoms with Crippen molar-refractivity contribution in [1.29, 1.82) is 10.5 Å². The average molecular weight is 459 g/mol. The van der Waals surface area contributed by atoms with Gasteiger partial charge in [0.25, 0.3) is 0 Å². The highest BCUT2D eigenvalue weighted by molar-refractivity contribution is 7.12. The van der Waals surface area contributed by atoms with E-state index in [1.807, 2.05) is 0 Å². The fourth-order valence-electron chi connectivity index (χ4n) is 2.19. The molecule has 0 amide bonds. The van der Waals surface area contributed by atoms with Crippen LogP contribution in [0.25, 0.3) is 16.5 Å². The summed E-state index contributed by atoms with van der Waals surface area (Å²) in [6.45, 7) is 0. The van der Waals surface area contributed by atoms with E-state index >= 15 is 0 Å². The second kappa shape index (κ2) is 7.63. The van der Waals surface area contributed by atoms with Crippen LogP contribution in [-0.4, -0.2) is 19.7 Å². The Morgan fingerprint density at radius 3 is 2.34 bits per heavy atom. The van der Waals surface area contributed by atoms with Gasteiger partial charge in [-0.05, 0) is 12.1 Å². The summed E-state index contributed by atoms with van der Waals surface area (Å²) < 4.78 is 39.7. The van der Waals surface area contributed by atoms with Gasteiger partial charge in [-0.1, -0.05) is 39.6 Å². The van der Waals surface area contributed by atoms with Crippen LogP contribution >= 0.6 is 34.5 Å². The molecule has 0 aliphatic heterocycles. The van der Waals surface area contributed by atoms with Gasteiger partial charge in [-0.15, -0.1) is 4.91 Å². The maximum Gasteiger partial charge on any atom is 0.416 e. The maximum absolute atomic E-state index is 12.9. The first-order chi connectivity index (χ1) is 13.7. The normalized spacial score (nSPS) is 11.9. The molecule has 9 nitrogen and oxygen atoms in total. The number of hydrogen-bond acceptors (Lipinski definition) is 7. The van der Waals surface area contributed by atoms with E-state index in [0.29, 0.717) is 12.1 Å². The number of nitroso groups, excluding NO2 is 1. The minimum Gasteiger partial charge on any atom is -0.327 e. The number of aromatic nitrogens is 4. The summed E-state index contributed by atoms with van der Waals surface area (Å²) in [5.41, 5.74) is -1.58. The number of nitrogens with one attached hydrogen (secondary N) is 1. The Kier molecular flexibility index (Phi) is 5.39. The molecule has 29 heavy (non-hydrogen) atoms. The predicted molar refractivity (Wildman–Crippen MR) is 94.8 cm³/mol. The van der Waals surface area contributed by atoms with Crippen LogP contribution in [0.15, 0.2) is 22.5 Å². The first-order valence-electron chi connectivity index (χ1n) is 7.13. The Labute approximate surface area is 172 Å². The fraction of sp³-hybridized carbons (Fsp3) is 0.0714. The molecule has 2 aromatic heterocycles. The zero-order valence-electron chi connectivity index (χ0n) is 13.5. The molecule has 0 unspecified atom stereocenters. The van der Waals surface area contributed by atoms with E-state index in [-0.39, 0.29) is 32.7 Å². The van der Waals surface area contributed by atoms with Gasteiger partial charge in [0.15, 0.2) is 22.2 Å². The van der Waals surface area contributed by atoms with Crippen molar-refractivity contribution in [1.82, 2.24) is 19.7 Å². The second-order valence-corrected chi connectivity index (χ2v) is 6.87. The van der Waals surface area contributed by atoms with Crippen molar-refractivity contribution < 1.29 is 13.2 Å². The van der Waals surface area contributed by atoms with Crippen molar-refractivity contribution >= 4 is 34.5 Å². The molecular weight excluding hydrogens is 456 g/mol. The summed E-state index contributed by atoms with van der Waals surface area (Å²) in [5.74, 6) is -0.0108. The zero-order chi connectivity index (χ0) is 21.3. The Morgan fingerprint density at radius 1 is 1.21 bits per heavy atom. The highest BCUT2D eigenvalue weighted by Crippen LogP contribution is 2.37. The smallest absolute Gasteiger partial charge is 0.327 e. The number of aromatic amines is 1. The summed E-state index contributed by atoms with van der Waals surface area (Å²) in [6, 6.07) is 4.74. The number of nitrogens with zero attached hydrogens (tertiary/aromatic N) is 7. The third-order valence-electron chi connectivity index (χ3n) is 3.37. The second-order valence-electron chi connectivity index (χ2n) is 5.10. The SMILES string of the molecule is N#Cc1nc(-c2nn(-c3c(Cl)cc(C(F)(F)F)cc3Cl)/c(=N/N=O)s2)[nH]c1C#N. The van der Waals surface area contributed by atoms with Gasteiger partial charge in [-0.3, -0.25) is 0 Å². The summed E-state index contributed by atoms with van der Waals surface area (Å²) in [5, 5.41) is 27.0. The Balaban J connectivity index is 2.24. The van der Waals surface area contributed by atoms with Crippen LogP contribution in [0.4, 0.5) is 13.2 Å². The number of hydrogen-bond donors (Lipinski definition) is 1. The van der Waals surface area contributed by atoms with E-state index in [9.17, 15) is 18.1 Å². The molecule has 0 spiro atoms.